The molecule has 0 spiro atoms. The summed E-state index contributed by atoms with van der Waals surface area (Å²) in [6, 6.07) is 2.84. The zero-order valence-corrected chi connectivity index (χ0v) is 11.6. The number of pyridine rings is 1. The van der Waals surface area contributed by atoms with Gasteiger partial charge in [0.2, 0.25) is 5.88 Å². The molecule has 2 aromatic heterocycles. The number of nitrogens with zero attached hydrogens (tertiary/aromatic N) is 2. The van der Waals surface area contributed by atoms with Crippen LogP contribution in [0, 0.1) is 13.8 Å². The summed E-state index contributed by atoms with van der Waals surface area (Å²) in [5.41, 5.74) is 1.30. The topological polar surface area (TPSA) is 97.1 Å². The Morgan fingerprint density at radius 2 is 2.05 bits per heavy atom. The van der Waals surface area contributed by atoms with Gasteiger partial charge in [0.05, 0.1) is 10.6 Å². The Morgan fingerprint density at radius 1 is 1.32 bits per heavy atom. The molecule has 19 heavy (non-hydrogen) atoms. The summed E-state index contributed by atoms with van der Waals surface area (Å²) >= 11 is 0. The third-order valence-corrected chi connectivity index (χ3v) is 4.01. The van der Waals surface area contributed by atoms with Crippen molar-refractivity contribution in [3.63, 3.8) is 0 Å². The van der Waals surface area contributed by atoms with E-state index in [2.05, 4.69) is 20.2 Å². The van der Waals surface area contributed by atoms with Crippen LogP contribution in [0.3, 0.4) is 0 Å². The molecule has 0 aliphatic heterocycles. The molecule has 2 rings (SSSR count). The fraction of sp³-hybridized carbons (Fsp3) is 0.273. The Hall–Kier alpha value is -2.09. The van der Waals surface area contributed by atoms with Crippen LogP contribution in [-0.2, 0) is 10.0 Å². The number of hydrogen-bond donors (Lipinski definition) is 2. The lowest BCUT2D eigenvalue weighted by Crippen LogP contribution is -2.13. The van der Waals surface area contributed by atoms with Gasteiger partial charge in [-0.2, -0.15) is 0 Å². The van der Waals surface area contributed by atoms with Gasteiger partial charge in [-0.1, -0.05) is 5.16 Å². The first kappa shape index (κ1) is 13.3. The normalized spacial score (nSPS) is 11.3. The van der Waals surface area contributed by atoms with E-state index in [1.807, 2.05) is 0 Å². The SMILES string of the molecule is CNc1cc(S(=O)(=O)Nc2onc(C)c2C)ccn1. The monoisotopic (exact) mass is 282 g/mol. The molecule has 8 heteroatoms. The lowest BCUT2D eigenvalue weighted by molar-refractivity contribution is 0.430. The third kappa shape index (κ3) is 2.68. The number of rotatable bonds is 4. The van der Waals surface area contributed by atoms with E-state index in [4.69, 9.17) is 4.52 Å². The minimum Gasteiger partial charge on any atom is -0.373 e. The van der Waals surface area contributed by atoms with Crippen LogP contribution < -0.4 is 10.0 Å². The van der Waals surface area contributed by atoms with Gasteiger partial charge in [-0.25, -0.2) is 18.1 Å². The van der Waals surface area contributed by atoms with Gasteiger partial charge in [0.1, 0.15) is 5.82 Å². The Balaban J connectivity index is 2.35. The van der Waals surface area contributed by atoms with Crippen LogP contribution in [0.4, 0.5) is 11.7 Å². The predicted molar refractivity (Wildman–Crippen MR) is 70.6 cm³/mol. The lowest BCUT2D eigenvalue weighted by Gasteiger charge is -2.06. The lowest BCUT2D eigenvalue weighted by atomic mass is 10.3. The van der Waals surface area contributed by atoms with Crippen molar-refractivity contribution in [2.75, 3.05) is 17.1 Å². The summed E-state index contributed by atoms with van der Waals surface area (Å²) in [7, 11) is -2.06. The predicted octanol–water partition coefficient (Wildman–Crippen LogP) is 1.53. The van der Waals surface area contributed by atoms with Crippen LogP contribution in [0.2, 0.25) is 0 Å². The number of hydrogen-bond acceptors (Lipinski definition) is 6. The summed E-state index contributed by atoms with van der Waals surface area (Å²) < 4.78 is 31.7. The van der Waals surface area contributed by atoms with Gasteiger partial charge in [-0.3, -0.25) is 0 Å². The molecule has 0 saturated heterocycles. The average molecular weight is 282 g/mol. The second kappa shape index (κ2) is 4.88. The highest BCUT2D eigenvalue weighted by Gasteiger charge is 2.19. The number of aromatic nitrogens is 2. The number of anilines is 2. The standard InChI is InChI=1S/C11H14N4O3S/c1-7-8(2)14-18-11(7)15-19(16,17)9-4-5-13-10(6-9)12-3/h4-6,15H,1-3H3,(H,12,13). The van der Waals surface area contributed by atoms with Crippen molar-refractivity contribution in [1.82, 2.24) is 10.1 Å². The van der Waals surface area contributed by atoms with Crippen LogP contribution >= 0.6 is 0 Å². The molecule has 2 heterocycles. The maximum atomic E-state index is 12.2. The van der Waals surface area contributed by atoms with Crippen molar-refractivity contribution in [2.24, 2.45) is 0 Å². The van der Waals surface area contributed by atoms with E-state index in [0.29, 0.717) is 17.1 Å². The Morgan fingerprint density at radius 3 is 2.63 bits per heavy atom. The molecule has 102 valence electrons. The van der Waals surface area contributed by atoms with Crippen LogP contribution in [0.1, 0.15) is 11.3 Å². The first-order valence-electron chi connectivity index (χ1n) is 5.53. The zero-order valence-electron chi connectivity index (χ0n) is 10.8. The van der Waals surface area contributed by atoms with E-state index in [1.54, 1.807) is 20.9 Å². The molecule has 0 fully saturated rings. The minimum atomic E-state index is -3.72. The van der Waals surface area contributed by atoms with Gasteiger partial charge in [-0.15, -0.1) is 0 Å². The molecular formula is C11H14N4O3S. The molecule has 0 atom stereocenters. The van der Waals surface area contributed by atoms with E-state index >= 15 is 0 Å². The molecule has 7 nitrogen and oxygen atoms in total. The highest BCUT2D eigenvalue weighted by atomic mass is 32.2. The molecular weight excluding hydrogens is 268 g/mol. The van der Waals surface area contributed by atoms with Crippen LogP contribution in [-0.4, -0.2) is 25.6 Å². The highest BCUT2D eigenvalue weighted by molar-refractivity contribution is 7.92. The van der Waals surface area contributed by atoms with Crippen LogP contribution in [0.25, 0.3) is 0 Å². The van der Waals surface area contributed by atoms with E-state index in [9.17, 15) is 8.42 Å². The van der Waals surface area contributed by atoms with Gasteiger partial charge in [0.25, 0.3) is 10.0 Å². The van der Waals surface area contributed by atoms with Crippen molar-refractivity contribution in [3.05, 3.63) is 29.6 Å². The third-order valence-electron chi connectivity index (χ3n) is 2.68. The smallest absolute Gasteiger partial charge is 0.264 e. The van der Waals surface area contributed by atoms with Crippen LogP contribution in [0.5, 0.6) is 0 Å². The summed E-state index contributed by atoms with van der Waals surface area (Å²) in [4.78, 5) is 4.06. The first-order valence-corrected chi connectivity index (χ1v) is 7.02. The van der Waals surface area contributed by atoms with Gasteiger partial charge >= 0.3 is 0 Å². The maximum Gasteiger partial charge on any atom is 0.264 e. The molecule has 0 unspecified atom stereocenters. The van der Waals surface area contributed by atoms with Crippen molar-refractivity contribution in [1.29, 1.82) is 0 Å². The first-order chi connectivity index (χ1) is 8.94. The van der Waals surface area contributed by atoms with E-state index in [0.717, 1.165) is 0 Å². The molecule has 0 saturated carbocycles. The van der Waals surface area contributed by atoms with E-state index < -0.39 is 10.0 Å². The van der Waals surface area contributed by atoms with Crippen molar-refractivity contribution >= 4 is 21.7 Å². The quantitative estimate of drug-likeness (QED) is 0.882. The summed E-state index contributed by atoms with van der Waals surface area (Å²) in [6.45, 7) is 3.47. The van der Waals surface area contributed by atoms with Gasteiger partial charge in [-0.05, 0) is 19.9 Å². The largest absolute Gasteiger partial charge is 0.373 e. The maximum absolute atomic E-state index is 12.2. The van der Waals surface area contributed by atoms with Crippen molar-refractivity contribution < 1.29 is 12.9 Å². The van der Waals surface area contributed by atoms with Crippen molar-refractivity contribution in [2.45, 2.75) is 18.7 Å². The molecule has 0 amide bonds. The summed E-state index contributed by atoms with van der Waals surface area (Å²) in [5, 5.41) is 6.48. The number of aryl methyl sites for hydroxylation is 1. The number of sulfonamides is 1. The fourth-order valence-corrected chi connectivity index (χ4v) is 2.47. The van der Waals surface area contributed by atoms with Gasteiger partial charge in [0, 0.05) is 24.9 Å². The summed E-state index contributed by atoms with van der Waals surface area (Å²) in [5.74, 6) is 0.591. The molecule has 0 radical (unpaired) electrons. The molecule has 0 aliphatic carbocycles. The average Bonchev–Trinajstić information content (AvgIpc) is 2.70. The Bertz CT molecular complexity index is 694. The zero-order chi connectivity index (χ0) is 14.0. The summed E-state index contributed by atoms with van der Waals surface area (Å²) in [6.07, 6.45) is 1.42. The van der Waals surface area contributed by atoms with Crippen molar-refractivity contribution in [3.8, 4) is 0 Å². The minimum absolute atomic E-state index is 0.0975. The molecule has 0 aromatic carbocycles. The van der Waals surface area contributed by atoms with Gasteiger partial charge in [0.15, 0.2) is 0 Å². The second-order valence-corrected chi connectivity index (χ2v) is 5.64. The van der Waals surface area contributed by atoms with Gasteiger partial charge < -0.3 is 9.84 Å². The van der Waals surface area contributed by atoms with Crippen LogP contribution in [0.15, 0.2) is 27.7 Å². The van der Waals surface area contributed by atoms with E-state index in [-0.39, 0.29) is 10.8 Å². The Labute approximate surface area is 111 Å². The molecule has 2 aromatic rings. The highest BCUT2D eigenvalue weighted by Crippen LogP contribution is 2.22. The molecule has 0 aliphatic rings. The van der Waals surface area contributed by atoms with E-state index in [1.165, 1.54) is 18.3 Å². The fourth-order valence-electron chi connectivity index (χ4n) is 1.41. The molecule has 2 N–H and O–H groups in total. The second-order valence-electron chi connectivity index (χ2n) is 3.95. The number of nitrogens with one attached hydrogen (secondary N) is 2. The molecule has 0 bridgehead atoms. The Kier molecular flexibility index (Phi) is 3.43.